The first kappa shape index (κ1) is 22.6. The average molecular weight is 426 g/mol. The second-order valence-electron chi connectivity index (χ2n) is 7.69. The first-order chi connectivity index (χ1) is 15.1. The number of carbonyl (C=O) groups excluding carboxylic acids is 2. The van der Waals surface area contributed by atoms with Gasteiger partial charge in [-0.05, 0) is 50.5 Å². The molecule has 1 saturated heterocycles. The first-order valence-electron chi connectivity index (χ1n) is 10.7. The van der Waals surface area contributed by atoms with Crippen molar-refractivity contribution in [3.8, 4) is 5.75 Å². The van der Waals surface area contributed by atoms with Crippen LogP contribution in [-0.4, -0.2) is 55.8 Å². The molecule has 0 atom stereocenters. The number of methoxy groups -OCH3 is 1. The van der Waals surface area contributed by atoms with Gasteiger partial charge in [-0.15, -0.1) is 0 Å². The zero-order chi connectivity index (χ0) is 22.1. The molecular weight excluding hydrogens is 394 g/mol. The van der Waals surface area contributed by atoms with Gasteiger partial charge in [0.05, 0.1) is 12.3 Å². The van der Waals surface area contributed by atoms with E-state index in [2.05, 4.69) is 10.6 Å². The van der Waals surface area contributed by atoms with Crippen LogP contribution >= 0.6 is 0 Å². The highest BCUT2D eigenvalue weighted by atomic mass is 16.5. The molecular formula is C24H31N3O4. The van der Waals surface area contributed by atoms with E-state index < -0.39 is 5.54 Å². The molecule has 0 bridgehead atoms. The van der Waals surface area contributed by atoms with Crippen LogP contribution in [0.25, 0.3) is 0 Å². The monoisotopic (exact) mass is 425 g/mol. The number of para-hydroxylation sites is 2. The maximum absolute atomic E-state index is 12.8. The van der Waals surface area contributed by atoms with Crippen molar-refractivity contribution in [1.29, 1.82) is 0 Å². The lowest BCUT2D eigenvalue weighted by Crippen LogP contribution is -2.57. The highest BCUT2D eigenvalue weighted by Gasteiger charge is 2.37. The van der Waals surface area contributed by atoms with Crippen molar-refractivity contribution < 1.29 is 19.1 Å². The Morgan fingerprint density at radius 2 is 1.71 bits per heavy atom. The zero-order valence-corrected chi connectivity index (χ0v) is 18.2. The van der Waals surface area contributed by atoms with Gasteiger partial charge in [0.25, 0.3) is 5.91 Å². The van der Waals surface area contributed by atoms with E-state index in [1.54, 1.807) is 24.1 Å². The van der Waals surface area contributed by atoms with Gasteiger partial charge in [0.15, 0.2) is 0 Å². The molecule has 0 radical (unpaired) electrons. The molecule has 0 spiro atoms. The summed E-state index contributed by atoms with van der Waals surface area (Å²) in [5.74, 6) is 0.556. The SMILES string of the molecule is CCOc1ccccc1NC(=O)N1CCC(CCOC)(NC(=O)c2ccccc2)CC1. The van der Waals surface area contributed by atoms with E-state index >= 15 is 0 Å². The third kappa shape index (κ3) is 5.98. The van der Waals surface area contributed by atoms with E-state index in [4.69, 9.17) is 9.47 Å². The number of benzene rings is 2. The highest BCUT2D eigenvalue weighted by Crippen LogP contribution is 2.28. The number of hydrogen-bond donors (Lipinski definition) is 2. The maximum atomic E-state index is 12.8. The number of anilines is 1. The molecule has 1 fully saturated rings. The number of amides is 3. The molecule has 0 aromatic heterocycles. The van der Waals surface area contributed by atoms with Crippen LogP contribution in [0.1, 0.15) is 36.5 Å². The van der Waals surface area contributed by atoms with Crippen molar-refractivity contribution in [1.82, 2.24) is 10.2 Å². The summed E-state index contributed by atoms with van der Waals surface area (Å²) in [5, 5.41) is 6.17. The summed E-state index contributed by atoms with van der Waals surface area (Å²) in [6.45, 7) is 4.07. The predicted octanol–water partition coefficient (Wildman–Crippen LogP) is 3.92. The zero-order valence-electron chi connectivity index (χ0n) is 18.2. The van der Waals surface area contributed by atoms with Crippen LogP contribution in [0.4, 0.5) is 10.5 Å². The van der Waals surface area contributed by atoms with Gasteiger partial charge >= 0.3 is 6.03 Å². The van der Waals surface area contributed by atoms with Crippen LogP contribution in [0.2, 0.25) is 0 Å². The van der Waals surface area contributed by atoms with Gasteiger partial charge in [-0.1, -0.05) is 30.3 Å². The van der Waals surface area contributed by atoms with Gasteiger partial charge in [0.1, 0.15) is 5.75 Å². The molecule has 0 saturated carbocycles. The molecule has 3 rings (SSSR count). The molecule has 2 N–H and O–H groups in total. The van der Waals surface area contributed by atoms with E-state index in [0.717, 1.165) is 0 Å². The Morgan fingerprint density at radius 3 is 2.39 bits per heavy atom. The van der Waals surface area contributed by atoms with Crippen molar-refractivity contribution in [3.05, 3.63) is 60.2 Å². The summed E-state index contributed by atoms with van der Waals surface area (Å²) >= 11 is 0. The van der Waals surface area contributed by atoms with E-state index in [0.29, 0.717) is 62.6 Å². The largest absolute Gasteiger partial charge is 0.492 e. The van der Waals surface area contributed by atoms with E-state index in [9.17, 15) is 9.59 Å². The lowest BCUT2D eigenvalue weighted by Gasteiger charge is -2.42. The Morgan fingerprint density at radius 1 is 1.03 bits per heavy atom. The smallest absolute Gasteiger partial charge is 0.321 e. The fourth-order valence-electron chi connectivity index (χ4n) is 3.82. The van der Waals surface area contributed by atoms with Crippen molar-refractivity contribution in [2.75, 3.05) is 38.7 Å². The predicted molar refractivity (Wildman–Crippen MR) is 121 cm³/mol. The van der Waals surface area contributed by atoms with Crippen molar-refractivity contribution in [2.24, 2.45) is 0 Å². The van der Waals surface area contributed by atoms with Crippen LogP contribution in [0.5, 0.6) is 5.75 Å². The third-order valence-corrected chi connectivity index (χ3v) is 5.64. The molecule has 166 valence electrons. The number of rotatable bonds is 8. The summed E-state index contributed by atoms with van der Waals surface area (Å²) in [7, 11) is 1.66. The molecule has 3 amide bonds. The second-order valence-corrected chi connectivity index (χ2v) is 7.69. The molecule has 1 aliphatic rings. The highest BCUT2D eigenvalue weighted by molar-refractivity contribution is 5.94. The van der Waals surface area contributed by atoms with Gasteiger partial charge in [0.2, 0.25) is 0 Å². The molecule has 1 aliphatic heterocycles. The average Bonchev–Trinajstić information content (AvgIpc) is 2.80. The number of piperidine rings is 1. The Bertz CT molecular complexity index is 864. The molecule has 7 heteroatoms. The van der Waals surface area contributed by atoms with Crippen molar-refractivity contribution in [3.63, 3.8) is 0 Å². The molecule has 2 aromatic rings. The summed E-state index contributed by atoms with van der Waals surface area (Å²) in [6.07, 6.45) is 2.02. The quantitative estimate of drug-likeness (QED) is 0.672. The number of nitrogens with one attached hydrogen (secondary N) is 2. The lowest BCUT2D eigenvalue weighted by molar-refractivity contribution is 0.0754. The van der Waals surface area contributed by atoms with Gasteiger partial charge in [0, 0.05) is 37.9 Å². The molecule has 31 heavy (non-hydrogen) atoms. The summed E-state index contributed by atoms with van der Waals surface area (Å²) < 4.78 is 10.9. The van der Waals surface area contributed by atoms with Crippen molar-refractivity contribution in [2.45, 2.75) is 31.7 Å². The maximum Gasteiger partial charge on any atom is 0.321 e. The number of hydrogen-bond acceptors (Lipinski definition) is 4. The molecule has 7 nitrogen and oxygen atoms in total. The molecule has 0 aliphatic carbocycles. The number of nitrogens with zero attached hydrogens (tertiary/aromatic N) is 1. The minimum atomic E-state index is -0.400. The van der Waals surface area contributed by atoms with E-state index in [-0.39, 0.29) is 11.9 Å². The van der Waals surface area contributed by atoms with E-state index in [1.807, 2.05) is 49.4 Å². The van der Waals surface area contributed by atoms with E-state index in [1.165, 1.54) is 0 Å². The van der Waals surface area contributed by atoms with Crippen LogP contribution in [0.15, 0.2) is 54.6 Å². The Labute approximate surface area is 183 Å². The minimum Gasteiger partial charge on any atom is -0.492 e. The summed E-state index contributed by atoms with van der Waals surface area (Å²) in [5.41, 5.74) is 0.887. The molecule has 0 unspecified atom stereocenters. The Hall–Kier alpha value is -3.06. The summed E-state index contributed by atoms with van der Waals surface area (Å²) in [4.78, 5) is 27.4. The van der Waals surface area contributed by atoms with Gasteiger partial charge in [-0.25, -0.2) is 4.79 Å². The second kappa shape index (κ2) is 10.8. The molecule has 2 aromatic carbocycles. The van der Waals surface area contributed by atoms with Crippen LogP contribution in [0.3, 0.4) is 0 Å². The lowest BCUT2D eigenvalue weighted by atomic mass is 9.84. The fourth-order valence-corrected chi connectivity index (χ4v) is 3.82. The first-order valence-corrected chi connectivity index (χ1v) is 10.7. The van der Waals surface area contributed by atoms with Crippen LogP contribution in [-0.2, 0) is 4.74 Å². The Kier molecular flexibility index (Phi) is 7.89. The van der Waals surface area contributed by atoms with Crippen LogP contribution < -0.4 is 15.4 Å². The van der Waals surface area contributed by atoms with Gasteiger partial charge in [-0.2, -0.15) is 0 Å². The van der Waals surface area contributed by atoms with Gasteiger partial charge in [-0.3, -0.25) is 4.79 Å². The number of carbonyl (C=O) groups is 2. The Balaban J connectivity index is 1.63. The van der Waals surface area contributed by atoms with Crippen LogP contribution in [0, 0.1) is 0 Å². The molecule has 1 heterocycles. The third-order valence-electron chi connectivity index (χ3n) is 5.64. The van der Waals surface area contributed by atoms with Crippen molar-refractivity contribution >= 4 is 17.6 Å². The number of ether oxygens (including phenoxy) is 2. The summed E-state index contributed by atoms with van der Waals surface area (Å²) in [6, 6.07) is 16.4. The van der Waals surface area contributed by atoms with Gasteiger partial charge < -0.3 is 25.0 Å². The number of likely N-dealkylation sites (tertiary alicyclic amines) is 1. The standard InChI is InChI=1S/C24H31N3O4/c1-3-31-21-12-8-7-11-20(21)25-23(29)27-16-13-24(14-17-27,15-18-30-2)26-22(28)19-9-5-4-6-10-19/h4-12H,3,13-18H2,1-2H3,(H,25,29)(H,26,28). The minimum absolute atomic E-state index is 0.0970. The number of urea groups is 1. The fraction of sp³-hybridized carbons (Fsp3) is 0.417. The topological polar surface area (TPSA) is 79.9 Å². The normalized spacial score (nSPS) is 15.2.